The summed E-state index contributed by atoms with van der Waals surface area (Å²) in [6.45, 7) is 2.87. The van der Waals surface area contributed by atoms with Crippen LogP contribution in [0.5, 0.6) is 0 Å². The fourth-order valence-corrected chi connectivity index (χ4v) is 1.94. The smallest absolute Gasteiger partial charge is 0.422 e. The fraction of sp³-hybridized carbons (Fsp3) is 0.900. The molecule has 0 aromatic heterocycles. The number of hydrogen-bond donors (Lipinski definition) is 0. The predicted octanol–water partition coefficient (Wildman–Crippen LogP) is 2.81. The molecule has 3 nitrogen and oxygen atoms in total. The van der Waals surface area contributed by atoms with Gasteiger partial charge in [-0.15, -0.1) is 0 Å². The zero-order valence-electron chi connectivity index (χ0n) is 9.38. The van der Waals surface area contributed by atoms with E-state index in [0.29, 0.717) is 6.54 Å². The van der Waals surface area contributed by atoms with E-state index in [4.69, 9.17) is 0 Å². The van der Waals surface area contributed by atoms with Crippen LogP contribution in [0.1, 0.15) is 26.7 Å². The Kier molecular flexibility index (Phi) is 4.04. The average molecular weight is 239 g/mol. The van der Waals surface area contributed by atoms with Gasteiger partial charge in [0.2, 0.25) is 0 Å². The van der Waals surface area contributed by atoms with E-state index in [9.17, 15) is 18.0 Å². The molecule has 0 bridgehead atoms. The second kappa shape index (κ2) is 4.93. The first-order valence-electron chi connectivity index (χ1n) is 5.31. The highest BCUT2D eigenvalue weighted by molar-refractivity contribution is 5.68. The Morgan fingerprint density at radius 1 is 1.50 bits per heavy atom. The van der Waals surface area contributed by atoms with E-state index >= 15 is 0 Å². The molecule has 94 valence electrons. The minimum absolute atomic E-state index is 0.000679. The number of likely N-dealkylation sites (tertiary alicyclic amines) is 1. The fourth-order valence-electron chi connectivity index (χ4n) is 1.94. The van der Waals surface area contributed by atoms with Gasteiger partial charge in [0, 0.05) is 12.6 Å². The number of alkyl halides is 3. The second-order valence-corrected chi connectivity index (χ2v) is 4.32. The van der Waals surface area contributed by atoms with E-state index < -0.39 is 18.9 Å². The van der Waals surface area contributed by atoms with Gasteiger partial charge in [-0.2, -0.15) is 13.2 Å². The van der Waals surface area contributed by atoms with Gasteiger partial charge >= 0.3 is 12.3 Å². The Morgan fingerprint density at radius 2 is 2.12 bits per heavy atom. The number of halogens is 3. The lowest BCUT2D eigenvalue weighted by molar-refractivity contribution is -0.162. The number of carbonyl (C=O) groups is 1. The summed E-state index contributed by atoms with van der Waals surface area (Å²) in [5.41, 5.74) is 0. The van der Waals surface area contributed by atoms with E-state index in [1.165, 1.54) is 4.90 Å². The molecule has 0 N–H and O–H groups in total. The van der Waals surface area contributed by atoms with Crippen LogP contribution in [0.25, 0.3) is 0 Å². The van der Waals surface area contributed by atoms with Gasteiger partial charge in [0.15, 0.2) is 6.61 Å². The first-order chi connectivity index (χ1) is 7.31. The molecular formula is C10H16F3NO2. The lowest BCUT2D eigenvalue weighted by atomic mass is 10.0. The van der Waals surface area contributed by atoms with Crippen LogP contribution in [0.2, 0.25) is 0 Å². The van der Waals surface area contributed by atoms with E-state index in [1.807, 2.05) is 13.8 Å². The summed E-state index contributed by atoms with van der Waals surface area (Å²) in [5, 5.41) is 0. The molecule has 1 rings (SSSR count). The minimum atomic E-state index is -4.46. The third-order valence-corrected chi connectivity index (χ3v) is 2.66. The van der Waals surface area contributed by atoms with Crippen molar-refractivity contribution in [3.63, 3.8) is 0 Å². The van der Waals surface area contributed by atoms with Gasteiger partial charge in [0.1, 0.15) is 0 Å². The van der Waals surface area contributed by atoms with Gasteiger partial charge in [-0.1, -0.05) is 13.8 Å². The van der Waals surface area contributed by atoms with Gasteiger partial charge in [0.05, 0.1) is 0 Å². The van der Waals surface area contributed by atoms with E-state index in [1.54, 1.807) is 0 Å². The number of rotatable bonds is 2. The summed E-state index contributed by atoms with van der Waals surface area (Å²) in [4.78, 5) is 12.8. The van der Waals surface area contributed by atoms with Crippen LogP contribution in [0.15, 0.2) is 0 Å². The first-order valence-corrected chi connectivity index (χ1v) is 5.31. The Morgan fingerprint density at radius 3 is 2.62 bits per heavy atom. The summed E-state index contributed by atoms with van der Waals surface area (Å²) < 4.78 is 39.8. The summed E-state index contributed by atoms with van der Waals surface area (Å²) in [6.07, 6.45) is -3.65. The van der Waals surface area contributed by atoms with Gasteiger partial charge < -0.3 is 9.64 Å². The van der Waals surface area contributed by atoms with Crippen LogP contribution in [-0.2, 0) is 4.74 Å². The van der Waals surface area contributed by atoms with Crippen molar-refractivity contribution in [2.24, 2.45) is 5.92 Å². The van der Waals surface area contributed by atoms with Crippen molar-refractivity contribution in [2.75, 3.05) is 13.2 Å². The standard InChI is InChI=1S/C10H16F3NO2/c1-7(2)8-4-3-5-14(8)9(15)16-6-10(11,12)13/h7-8H,3-6H2,1-2H3. The molecule has 6 heteroatoms. The third kappa shape index (κ3) is 3.57. The molecule has 1 atom stereocenters. The summed E-state index contributed by atoms with van der Waals surface area (Å²) in [5.74, 6) is 0.237. The molecule has 0 saturated carbocycles. The molecule has 0 spiro atoms. The highest BCUT2D eigenvalue weighted by Crippen LogP contribution is 2.25. The van der Waals surface area contributed by atoms with E-state index in [-0.39, 0.29) is 12.0 Å². The molecule has 1 fully saturated rings. The number of carbonyl (C=O) groups excluding carboxylic acids is 1. The zero-order valence-corrected chi connectivity index (χ0v) is 9.38. The maximum Gasteiger partial charge on any atom is 0.422 e. The normalized spacial score (nSPS) is 21.6. The minimum Gasteiger partial charge on any atom is -0.440 e. The number of hydrogen-bond acceptors (Lipinski definition) is 2. The van der Waals surface area contributed by atoms with E-state index in [2.05, 4.69) is 4.74 Å². The van der Waals surface area contributed by atoms with Gasteiger partial charge in [-0.3, -0.25) is 0 Å². The molecule has 0 aliphatic carbocycles. The highest BCUT2D eigenvalue weighted by Gasteiger charge is 2.35. The highest BCUT2D eigenvalue weighted by atomic mass is 19.4. The van der Waals surface area contributed by atoms with Crippen LogP contribution in [-0.4, -0.2) is 36.4 Å². The SMILES string of the molecule is CC(C)C1CCCN1C(=O)OCC(F)(F)F. The molecule has 1 unspecified atom stereocenters. The van der Waals surface area contributed by atoms with Crippen LogP contribution in [0.3, 0.4) is 0 Å². The molecule has 1 heterocycles. The van der Waals surface area contributed by atoms with E-state index in [0.717, 1.165) is 12.8 Å². The second-order valence-electron chi connectivity index (χ2n) is 4.32. The van der Waals surface area contributed by atoms with Crippen LogP contribution in [0.4, 0.5) is 18.0 Å². The molecular weight excluding hydrogens is 223 g/mol. The predicted molar refractivity (Wildman–Crippen MR) is 52.0 cm³/mol. The van der Waals surface area contributed by atoms with Crippen molar-refractivity contribution in [3.8, 4) is 0 Å². The van der Waals surface area contributed by atoms with Crippen LogP contribution in [0, 0.1) is 5.92 Å². The maximum atomic E-state index is 11.9. The van der Waals surface area contributed by atoms with Crippen molar-refractivity contribution in [1.82, 2.24) is 4.90 Å². The lowest BCUT2D eigenvalue weighted by Gasteiger charge is -2.26. The molecule has 1 aliphatic heterocycles. The Hall–Kier alpha value is -0.940. The Balaban J connectivity index is 2.47. The number of amides is 1. The van der Waals surface area contributed by atoms with Crippen molar-refractivity contribution in [3.05, 3.63) is 0 Å². The van der Waals surface area contributed by atoms with Crippen LogP contribution < -0.4 is 0 Å². The average Bonchev–Trinajstić information content (AvgIpc) is 2.61. The Bertz CT molecular complexity index is 253. The zero-order chi connectivity index (χ0) is 12.3. The quantitative estimate of drug-likeness (QED) is 0.741. The summed E-state index contributed by atoms with van der Waals surface area (Å²) in [7, 11) is 0. The summed E-state index contributed by atoms with van der Waals surface area (Å²) in [6, 6.07) is 0.000679. The van der Waals surface area contributed by atoms with Crippen molar-refractivity contribution < 1.29 is 22.7 Å². The van der Waals surface area contributed by atoms with Crippen molar-refractivity contribution in [2.45, 2.75) is 38.9 Å². The maximum absolute atomic E-state index is 11.9. The molecule has 1 saturated heterocycles. The molecule has 0 aromatic carbocycles. The lowest BCUT2D eigenvalue weighted by Crippen LogP contribution is -2.40. The number of nitrogens with zero attached hydrogens (tertiary/aromatic N) is 1. The van der Waals surface area contributed by atoms with Crippen molar-refractivity contribution >= 4 is 6.09 Å². The Labute approximate surface area is 92.5 Å². The largest absolute Gasteiger partial charge is 0.440 e. The molecule has 0 aromatic rings. The molecule has 0 radical (unpaired) electrons. The monoisotopic (exact) mass is 239 g/mol. The van der Waals surface area contributed by atoms with Gasteiger partial charge in [-0.25, -0.2) is 4.79 Å². The molecule has 16 heavy (non-hydrogen) atoms. The summed E-state index contributed by atoms with van der Waals surface area (Å²) >= 11 is 0. The number of ether oxygens (including phenoxy) is 1. The van der Waals surface area contributed by atoms with Gasteiger partial charge in [0.25, 0.3) is 0 Å². The van der Waals surface area contributed by atoms with Crippen molar-refractivity contribution in [1.29, 1.82) is 0 Å². The van der Waals surface area contributed by atoms with Crippen LogP contribution >= 0.6 is 0 Å². The topological polar surface area (TPSA) is 29.5 Å². The molecule has 1 aliphatic rings. The first kappa shape index (κ1) is 13.1. The third-order valence-electron chi connectivity index (χ3n) is 2.66. The van der Waals surface area contributed by atoms with Gasteiger partial charge in [-0.05, 0) is 18.8 Å². The molecule has 1 amide bonds.